The lowest BCUT2D eigenvalue weighted by Gasteiger charge is -2.17. The van der Waals surface area contributed by atoms with Crippen LogP contribution in [0.3, 0.4) is 0 Å². The maximum Gasteiger partial charge on any atom is 0.382 e. The van der Waals surface area contributed by atoms with E-state index in [1.807, 2.05) is 0 Å². The largest absolute Gasteiger partial charge is 0.461 e. The smallest absolute Gasteiger partial charge is 0.382 e. The number of anilines is 1. The first-order chi connectivity index (χ1) is 7.95. The number of hydrogen-bond acceptors (Lipinski definition) is 4. The number of carbonyl (C=O) groups is 1. The zero-order chi connectivity index (χ0) is 13.1. The number of alkyl halides is 2. The number of nitrogen functional groups attached to an aromatic ring is 1. The number of nitrogens with two attached hydrogens (primary N) is 1. The van der Waals surface area contributed by atoms with Crippen LogP contribution in [0.4, 0.5) is 14.5 Å². The Morgan fingerprint density at radius 1 is 1.59 bits per heavy atom. The molecule has 0 aliphatic rings. The number of halogens is 2. The molecule has 1 aromatic carbocycles. The molecule has 0 heterocycles. The molecule has 0 fully saturated rings. The minimum absolute atomic E-state index is 0.178. The highest BCUT2D eigenvalue weighted by Gasteiger charge is 2.46. The quantitative estimate of drug-likeness (QED) is 0.645. The third-order valence-corrected chi connectivity index (χ3v) is 2.06. The Bertz CT molecular complexity index is 481. The monoisotopic (exact) mass is 240 g/mol. The zero-order valence-corrected chi connectivity index (χ0v) is 9.04. The van der Waals surface area contributed by atoms with E-state index in [2.05, 4.69) is 4.74 Å². The summed E-state index contributed by atoms with van der Waals surface area (Å²) in [4.78, 5) is 11.1. The van der Waals surface area contributed by atoms with Crippen LogP contribution < -0.4 is 5.73 Å². The van der Waals surface area contributed by atoms with Crippen LogP contribution in [-0.2, 0) is 15.5 Å². The van der Waals surface area contributed by atoms with E-state index < -0.39 is 17.5 Å². The van der Waals surface area contributed by atoms with Gasteiger partial charge in [-0.05, 0) is 19.1 Å². The van der Waals surface area contributed by atoms with Gasteiger partial charge in [0.1, 0.15) is 0 Å². The van der Waals surface area contributed by atoms with Gasteiger partial charge in [0.25, 0.3) is 0 Å². The summed E-state index contributed by atoms with van der Waals surface area (Å²) in [5.74, 6) is -5.64. The molecule has 0 saturated carbocycles. The van der Waals surface area contributed by atoms with Crippen molar-refractivity contribution in [3.63, 3.8) is 0 Å². The zero-order valence-electron chi connectivity index (χ0n) is 9.04. The molecule has 4 nitrogen and oxygen atoms in total. The second-order valence-electron chi connectivity index (χ2n) is 3.18. The van der Waals surface area contributed by atoms with Gasteiger partial charge in [0.15, 0.2) is 0 Å². The number of nitrogens with zero attached hydrogens (tertiary/aromatic N) is 1. The average molecular weight is 240 g/mol. The maximum absolute atomic E-state index is 13.7. The summed E-state index contributed by atoms with van der Waals surface area (Å²) in [6, 6.07) is 5.29. The van der Waals surface area contributed by atoms with Gasteiger partial charge in [-0.3, -0.25) is 0 Å². The Balaban J connectivity index is 3.33. The van der Waals surface area contributed by atoms with Gasteiger partial charge >= 0.3 is 11.9 Å². The third kappa shape index (κ3) is 2.33. The van der Waals surface area contributed by atoms with Crippen molar-refractivity contribution in [1.82, 2.24) is 0 Å². The molecular weight excluding hydrogens is 230 g/mol. The summed E-state index contributed by atoms with van der Waals surface area (Å²) in [6.07, 6.45) is 0. The van der Waals surface area contributed by atoms with Gasteiger partial charge in [0, 0.05) is 5.69 Å². The van der Waals surface area contributed by atoms with Crippen molar-refractivity contribution in [2.24, 2.45) is 0 Å². The highest BCUT2D eigenvalue weighted by Crippen LogP contribution is 2.35. The van der Waals surface area contributed by atoms with Crippen LogP contribution in [0.1, 0.15) is 18.1 Å². The van der Waals surface area contributed by atoms with Crippen LogP contribution in [0.5, 0.6) is 0 Å². The summed E-state index contributed by atoms with van der Waals surface area (Å²) in [5, 5.41) is 8.73. The number of carbonyl (C=O) groups excluding carboxylic acids is 1. The molecule has 0 unspecified atom stereocenters. The van der Waals surface area contributed by atoms with E-state index in [4.69, 9.17) is 11.0 Å². The molecular formula is C11H10F2N2O2. The SMILES string of the molecule is CCOC(=O)C(F)(F)c1c(N)cccc1C#N. The summed E-state index contributed by atoms with van der Waals surface area (Å²) in [7, 11) is 0. The number of hydrogen-bond donors (Lipinski definition) is 1. The molecule has 1 aromatic rings. The Morgan fingerprint density at radius 2 is 2.24 bits per heavy atom. The topological polar surface area (TPSA) is 76.1 Å². The van der Waals surface area contributed by atoms with Gasteiger partial charge in [-0.25, -0.2) is 4.79 Å². The molecule has 0 bridgehead atoms. The standard InChI is InChI=1S/C11H10F2N2O2/c1-2-17-10(16)11(12,13)9-7(6-14)4-3-5-8(9)15/h3-5H,2,15H2,1H3. The average Bonchev–Trinajstić information content (AvgIpc) is 2.28. The van der Waals surface area contributed by atoms with Gasteiger partial charge in [-0.15, -0.1) is 0 Å². The van der Waals surface area contributed by atoms with Crippen molar-refractivity contribution in [2.45, 2.75) is 12.8 Å². The van der Waals surface area contributed by atoms with Gasteiger partial charge < -0.3 is 10.5 Å². The second-order valence-corrected chi connectivity index (χ2v) is 3.18. The number of rotatable bonds is 3. The second kappa shape index (κ2) is 4.78. The summed E-state index contributed by atoms with van der Waals surface area (Å²) in [5.41, 5.74) is 3.91. The predicted molar refractivity (Wildman–Crippen MR) is 56.1 cm³/mol. The molecule has 0 aromatic heterocycles. The van der Waals surface area contributed by atoms with Crippen LogP contribution >= 0.6 is 0 Å². The van der Waals surface area contributed by atoms with E-state index in [1.165, 1.54) is 25.1 Å². The van der Waals surface area contributed by atoms with Crippen LogP contribution in [0, 0.1) is 11.3 Å². The van der Waals surface area contributed by atoms with Crippen molar-refractivity contribution in [3.05, 3.63) is 29.3 Å². The molecule has 0 saturated heterocycles. The lowest BCUT2D eigenvalue weighted by molar-refractivity contribution is -0.173. The number of ether oxygens (including phenoxy) is 1. The first-order valence-electron chi connectivity index (χ1n) is 4.79. The van der Waals surface area contributed by atoms with Crippen LogP contribution in [-0.4, -0.2) is 12.6 Å². The molecule has 17 heavy (non-hydrogen) atoms. The van der Waals surface area contributed by atoms with Crippen molar-refractivity contribution in [3.8, 4) is 6.07 Å². The molecule has 0 radical (unpaired) electrons. The third-order valence-electron chi connectivity index (χ3n) is 2.06. The maximum atomic E-state index is 13.7. The van der Waals surface area contributed by atoms with Crippen molar-refractivity contribution in [1.29, 1.82) is 5.26 Å². The lowest BCUT2D eigenvalue weighted by Crippen LogP contribution is -2.30. The molecule has 0 aliphatic heterocycles. The molecule has 0 amide bonds. The molecule has 90 valence electrons. The minimum Gasteiger partial charge on any atom is -0.461 e. The minimum atomic E-state index is -3.92. The normalized spacial score (nSPS) is 10.7. The molecule has 0 spiro atoms. The fourth-order valence-electron chi connectivity index (χ4n) is 1.34. The van der Waals surface area contributed by atoms with E-state index in [9.17, 15) is 13.6 Å². The molecule has 0 atom stereocenters. The van der Waals surface area contributed by atoms with Crippen molar-refractivity contribution in [2.75, 3.05) is 12.3 Å². The van der Waals surface area contributed by atoms with Crippen LogP contribution in [0.2, 0.25) is 0 Å². The van der Waals surface area contributed by atoms with Gasteiger partial charge in [-0.2, -0.15) is 14.0 Å². The fraction of sp³-hybridized carbons (Fsp3) is 0.273. The summed E-state index contributed by atoms with van der Waals surface area (Å²) in [6.45, 7) is 1.23. The van der Waals surface area contributed by atoms with E-state index in [-0.39, 0.29) is 17.9 Å². The van der Waals surface area contributed by atoms with Gasteiger partial charge in [0.05, 0.1) is 23.8 Å². The number of benzene rings is 1. The Kier molecular flexibility index (Phi) is 3.63. The lowest BCUT2D eigenvalue weighted by atomic mass is 10.0. The van der Waals surface area contributed by atoms with Crippen LogP contribution in [0.15, 0.2) is 18.2 Å². The molecule has 2 N–H and O–H groups in total. The van der Waals surface area contributed by atoms with E-state index in [0.29, 0.717) is 0 Å². The summed E-state index contributed by atoms with van der Waals surface area (Å²) < 4.78 is 31.7. The molecule has 1 rings (SSSR count). The molecule has 0 aliphatic carbocycles. The molecule has 6 heteroatoms. The Labute approximate surface area is 96.6 Å². The fourth-order valence-corrected chi connectivity index (χ4v) is 1.34. The van der Waals surface area contributed by atoms with Crippen molar-refractivity contribution < 1.29 is 18.3 Å². The number of esters is 1. The van der Waals surface area contributed by atoms with Gasteiger partial charge in [0.2, 0.25) is 0 Å². The van der Waals surface area contributed by atoms with E-state index in [0.717, 1.165) is 0 Å². The predicted octanol–water partition coefficient (Wildman–Crippen LogP) is 1.80. The van der Waals surface area contributed by atoms with E-state index in [1.54, 1.807) is 6.07 Å². The first kappa shape index (κ1) is 12.9. The Hall–Kier alpha value is -2.16. The summed E-state index contributed by atoms with van der Waals surface area (Å²) >= 11 is 0. The van der Waals surface area contributed by atoms with Crippen molar-refractivity contribution >= 4 is 11.7 Å². The Morgan fingerprint density at radius 3 is 2.76 bits per heavy atom. The highest BCUT2D eigenvalue weighted by molar-refractivity contribution is 5.83. The highest BCUT2D eigenvalue weighted by atomic mass is 19.3. The van der Waals surface area contributed by atoms with Crippen LogP contribution in [0.25, 0.3) is 0 Å². The van der Waals surface area contributed by atoms with E-state index >= 15 is 0 Å². The van der Waals surface area contributed by atoms with Gasteiger partial charge in [-0.1, -0.05) is 6.07 Å². The first-order valence-corrected chi connectivity index (χ1v) is 4.79. The number of nitriles is 1.